The third-order valence-electron chi connectivity index (χ3n) is 6.09. The summed E-state index contributed by atoms with van der Waals surface area (Å²) in [5.74, 6) is 5.04. The van der Waals surface area contributed by atoms with Gasteiger partial charge in [-0.05, 0) is 55.1 Å². The Morgan fingerprint density at radius 2 is 1.95 bits per heavy atom. The Bertz CT molecular complexity index is 689. The van der Waals surface area contributed by atoms with Gasteiger partial charge < -0.3 is 5.73 Å². The van der Waals surface area contributed by atoms with Crippen LogP contribution in [0.25, 0.3) is 11.3 Å². The minimum atomic E-state index is 0.636. The third-order valence-corrected chi connectivity index (χ3v) is 6.09. The Kier molecular flexibility index (Phi) is 2.17. The number of nitrogens with two attached hydrogens (primary N) is 1. The van der Waals surface area contributed by atoms with Gasteiger partial charge in [0, 0.05) is 19.2 Å². The summed E-state index contributed by atoms with van der Waals surface area (Å²) in [5.41, 5.74) is 9.55. The number of hydrogen-bond donors (Lipinski definition) is 1. The Morgan fingerprint density at radius 3 is 2.62 bits per heavy atom. The summed E-state index contributed by atoms with van der Waals surface area (Å²) < 4.78 is 1.83. The van der Waals surface area contributed by atoms with Crippen LogP contribution in [0.3, 0.4) is 0 Å². The fourth-order valence-corrected chi connectivity index (χ4v) is 5.26. The molecule has 2 heterocycles. The van der Waals surface area contributed by atoms with Crippen LogP contribution >= 0.6 is 0 Å². The number of hydrogen-bond acceptors (Lipinski definition) is 3. The van der Waals surface area contributed by atoms with Gasteiger partial charge >= 0.3 is 0 Å². The van der Waals surface area contributed by atoms with Crippen molar-refractivity contribution < 1.29 is 0 Å². The minimum Gasteiger partial charge on any atom is -0.383 e. The van der Waals surface area contributed by atoms with E-state index in [1.807, 2.05) is 36.1 Å². The predicted molar refractivity (Wildman–Crippen MR) is 81.4 cm³/mol. The van der Waals surface area contributed by atoms with Gasteiger partial charge in [-0.25, -0.2) is 0 Å². The van der Waals surface area contributed by atoms with Crippen molar-refractivity contribution in [3.63, 3.8) is 0 Å². The van der Waals surface area contributed by atoms with Crippen LogP contribution < -0.4 is 5.73 Å². The highest BCUT2D eigenvalue weighted by Crippen LogP contribution is 2.73. The molecule has 0 amide bonds. The lowest BCUT2D eigenvalue weighted by Crippen LogP contribution is -2.00. The average molecular weight is 280 g/mol. The standard InChI is InChI=1S/C17H20N4/c1-21-17(18)14(11-4-2-3-7-19-11)16(20-21)15-12-9-5-6-10(8-9)13(12)15/h2-4,7,9-10,12-13,15H,5-6,8,18H2,1H3. The van der Waals surface area contributed by atoms with Crippen LogP contribution in [0.15, 0.2) is 24.4 Å². The molecule has 3 aliphatic rings. The van der Waals surface area contributed by atoms with Gasteiger partial charge in [0.15, 0.2) is 0 Å². The van der Waals surface area contributed by atoms with Crippen LogP contribution in [0.5, 0.6) is 0 Å². The number of fused-ring (bicyclic) bond motifs is 5. The predicted octanol–water partition coefficient (Wildman–Crippen LogP) is 2.82. The van der Waals surface area contributed by atoms with Crippen molar-refractivity contribution in [1.82, 2.24) is 14.8 Å². The normalized spacial score (nSPS) is 36.0. The van der Waals surface area contributed by atoms with Gasteiger partial charge in [-0.15, -0.1) is 0 Å². The number of aromatic nitrogens is 3. The summed E-state index contributed by atoms with van der Waals surface area (Å²) in [5, 5.41) is 4.78. The first-order valence-corrected chi connectivity index (χ1v) is 7.99. The van der Waals surface area contributed by atoms with Gasteiger partial charge in [-0.1, -0.05) is 6.07 Å². The molecule has 0 spiro atoms. The lowest BCUT2D eigenvalue weighted by atomic mass is 9.97. The summed E-state index contributed by atoms with van der Waals surface area (Å²) in [7, 11) is 1.94. The maximum Gasteiger partial charge on any atom is 0.131 e. The zero-order valence-electron chi connectivity index (χ0n) is 12.2. The van der Waals surface area contributed by atoms with E-state index in [4.69, 9.17) is 10.8 Å². The molecule has 21 heavy (non-hydrogen) atoms. The molecular formula is C17H20N4. The highest BCUT2D eigenvalue weighted by Gasteiger charge is 2.66. The zero-order chi connectivity index (χ0) is 14.1. The lowest BCUT2D eigenvalue weighted by molar-refractivity contribution is 0.456. The second-order valence-corrected chi connectivity index (χ2v) is 7.00. The van der Waals surface area contributed by atoms with E-state index in [2.05, 4.69) is 4.98 Å². The lowest BCUT2D eigenvalue weighted by Gasteiger charge is -2.08. The number of pyridine rings is 1. The molecule has 3 aliphatic carbocycles. The number of aryl methyl sites for hydroxylation is 1. The van der Waals surface area contributed by atoms with Gasteiger partial charge in [0.1, 0.15) is 5.82 Å². The molecule has 4 heteroatoms. The number of nitrogens with zero attached hydrogens (tertiary/aromatic N) is 3. The topological polar surface area (TPSA) is 56.7 Å². The first kappa shape index (κ1) is 11.8. The molecule has 4 nitrogen and oxygen atoms in total. The first-order chi connectivity index (χ1) is 10.3. The van der Waals surface area contributed by atoms with Gasteiger partial charge in [0.05, 0.1) is 17.0 Å². The smallest absolute Gasteiger partial charge is 0.131 e. The van der Waals surface area contributed by atoms with Crippen LogP contribution in [0, 0.1) is 23.7 Å². The number of anilines is 1. The molecule has 0 radical (unpaired) electrons. The maximum absolute atomic E-state index is 6.30. The molecule has 108 valence electrons. The largest absolute Gasteiger partial charge is 0.383 e. The Labute approximate surface area is 124 Å². The molecular weight excluding hydrogens is 260 g/mol. The molecule has 2 aromatic rings. The monoisotopic (exact) mass is 280 g/mol. The van der Waals surface area contributed by atoms with Gasteiger partial charge in [0.2, 0.25) is 0 Å². The van der Waals surface area contributed by atoms with E-state index < -0.39 is 0 Å². The molecule has 0 aromatic carbocycles. The van der Waals surface area contributed by atoms with Crippen molar-refractivity contribution in [1.29, 1.82) is 0 Å². The highest BCUT2D eigenvalue weighted by molar-refractivity contribution is 5.75. The molecule has 0 aliphatic heterocycles. The van der Waals surface area contributed by atoms with Crippen molar-refractivity contribution in [3.05, 3.63) is 30.1 Å². The summed E-state index contributed by atoms with van der Waals surface area (Å²) in [6, 6.07) is 6.02. The van der Waals surface area contributed by atoms with Crippen molar-refractivity contribution in [2.75, 3.05) is 5.73 Å². The highest BCUT2D eigenvalue weighted by atomic mass is 15.3. The molecule has 2 N–H and O–H groups in total. The molecule has 4 atom stereocenters. The number of rotatable bonds is 2. The first-order valence-electron chi connectivity index (χ1n) is 7.99. The SMILES string of the molecule is Cn1nc(C2C3C4CCC(C4)C23)c(-c2ccccn2)c1N. The summed E-state index contributed by atoms with van der Waals surface area (Å²) in [4.78, 5) is 4.51. The zero-order valence-corrected chi connectivity index (χ0v) is 12.2. The quantitative estimate of drug-likeness (QED) is 0.920. The molecule has 2 aromatic heterocycles. The van der Waals surface area contributed by atoms with Crippen molar-refractivity contribution in [2.24, 2.45) is 30.7 Å². The van der Waals surface area contributed by atoms with Crippen LogP contribution in [0.1, 0.15) is 30.9 Å². The van der Waals surface area contributed by atoms with Gasteiger partial charge in [-0.2, -0.15) is 5.10 Å². The van der Waals surface area contributed by atoms with E-state index in [1.165, 1.54) is 25.0 Å². The molecule has 2 bridgehead atoms. The van der Waals surface area contributed by atoms with Crippen molar-refractivity contribution >= 4 is 5.82 Å². The summed E-state index contributed by atoms with van der Waals surface area (Å²) >= 11 is 0. The maximum atomic E-state index is 6.30. The molecule has 5 rings (SSSR count). The second-order valence-electron chi connectivity index (χ2n) is 7.00. The average Bonchev–Trinajstić information content (AvgIpc) is 2.79. The van der Waals surface area contributed by atoms with Crippen LogP contribution in [0.4, 0.5) is 5.82 Å². The van der Waals surface area contributed by atoms with E-state index >= 15 is 0 Å². The fourth-order valence-electron chi connectivity index (χ4n) is 5.26. The number of nitrogen functional groups attached to an aromatic ring is 1. The summed E-state index contributed by atoms with van der Waals surface area (Å²) in [6.07, 6.45) is 6.17. The Morgan fingerprint density at radius 1 is 1.19 bits per heavy atom. The van der Waals surface area contributed by atoms with Crippen molar-refractivity contribution in [3.8, 4) is 11.3 Å². The minimum absolute atomic E-state index is 0.636. The fraction of sp³-hybridized carbons (Fsp3) is 0.529. The van der Waals surface area contributed by atoms with E-state index in [0.29, 0.717) is 5.92 Å². The van der Waals surface area contributed by atoms with E-state index in [9.17, 15) is 0 Å². The Balaban J connectivity index is 1.61. The van der Waals surface area contributed by atoms with Gasteiger partial charge in [-0.3, -0.25) is 9.67 Å². The van der Waals surface area contributed by atoms with E-state index in [0.717, 1.165) is 40.7 Å². The van der Waals surface area contributed by atoms with E-state index in [-0.39, 0.29) is 0 Å². The third kappa shape index (κ3) is 1.45. The van der Waals surface area contributed by atoms with Crippen LogP contribution in [0.2, 0.25) is 0 Å². The second kappa shape index (κ2) is 3.87. The van der Waals surface area contributed by atoms with Crippen molar-refractivity contribution in [2.45, 2.75) is 25.2 Å². The Hall–Kier alpha value is -1.84. The molecule has 3 saturated carbocycles. The van der Waals surface area contributed by atoms with E-state index in [1.54, 1.807) is 0 Å². The van der Waals surface area contributed by atoms with Crippen LogP contribution in [-0.4, -0.2) is 14.8 Å². The summed E-state index contributed by atoms with van der Waals surface area (Å²) in [6.45, 7) is 0. The molecule has 4 unspecified atom stereocenters. The van der Waals surface area contributed by atoms with Gasteiger partial charge in [0.25, 0.3) is 0 Å². The molecule has 3 fully saturated rings. The van der Waals surface area contributed by atoms with Crippen LogP contribution in [-0.2, 0) is 7.05 Å². The molecule has 0 saturated heterocycles.